The maximum atomic E-state index is 13.8. The lowest BCUT2D eigenvalue weighted by molar-refractivity contribution is 0.302. The van der Waals surface area contributed by atoms with Crippen LogP contribution in [0.25, 0.3) is 0 Å². The monoisotopic (exact) mass is 305 g/mol. The summed E-state index contributed by atoms with van der Waals surface area (Å²) in [7, 11) is 0. The molecule has 3 nitrogen and oxygen atoms in total. The van der Waals surface area contributed by atoms with E-state index in [4.69, 9.17) is 27.4 Å². The van der Waals surface area contributed by atoms with Crippen molar-refractivity contribution in [1.82, 2.24) is 0 Å². The molecule has 0 fully saturated rings. The van der Waals surface area contributed by atoms with Crippen molar-refractivity contribution in [1.29, 1.82) is 0 Å². The van der Waals surface area contributed by atoms with Crippen LogP contribution in [-0.2, 0) is 0 Å². The van der Waals surface area contributed by atoms with Gasteiger partial charge in [0.1, 0.15) is 16.6 Å². The van der Waals surface area contributed by atoms with E-state index >= 15 is 0 Å². The normalized spacial score (nSPS) is 10.2. The van der Waals surface area contributed by atoms with Gasteiger partial charge < -0.3 is 15.2 Å². The Bertz CT molecular complexity index is 646. The quantitative estimate of drug-likeness (QED) is 0.818. The fraction of sp³-hybridized carbons (Fsp3) is 0.188. The maximum absolute atomic E-state index is 13.8. The number of rotatable bonds is 6. The van der Waals surface area contributed by atoms with Crippen LogP contribution in [0, 0.1) is 5.82 Å². The molecule has 0 aliphatic heterocycles. The fourth-order valence-corrected chi connectivity index (χ4v) is 2.01. The number of benzene rings is 2. The minimum Gasteiger partial charge on any atom is -0.490 e. The summed E-state index contributed by atoms with van der Waals surface area (Å²) in [5.74, 6) is 0.855. The second-order valence-electron chi connectivity index (χ2n) is 4.37. The van der Waals surface area contributed by atoms with E-state index in [9.17, 15) is 4.39 Å². The van der Waals surface area contributed by atoms with E-state index in [1.807, 2.05) is 19.1 Å². The molecule has 0 aliphatic carbocycles. The number of hydrogen-bond donors (Lipinski definition) is 1. The lowest BCUT2D eigenvalue weighted by Gasteiger charge is -2.14. The smallest absolute Gasteiger partial charge is 0.169 e. The fourth-order valence-electron chi connectivity index (χ4n) is 1.81. The average molecular weight is 305 g/mol. The molecule has 2 aromatic carbocycles. The number of nitrogens with two attached hydrogens (primary N) is 1. The van der Waals surface area contributed by atoms with Gasteiger partial charge in [0, 0.05) is 0 Å². The van der Waals surface area contributed by atoms with E-state index < -0.39 is 5.82 Å². The molecule has 2 N–H and O–H groups in total. The maximum Gasteiger partial charge on any atom is 0.169 e. The summed E-state index contributed by atoms with van der Waals surface area (Å²) < 4.78 is 25.2. The molecule has 0 aliphatic rings. The Kier molecular flexibility index (Phi) is 5.11. The Morgan fingerprint density at radius 1 is 1.10 bits per heavy atom. The van der Waals surface area contributed by atoms with Crippen LogP contribution in [0.3, 0.4) is 0 Å². The van der Waals surface area contributed by atoms with Crippen molar-refractivity contribution in [2.24, 2.45) is 5.73 Å². The van der Waals surface area contributed by atoms with Gasteiger partial charge >= 0.3 is 0 Å². The highest BCUT2D eigenvalue weighted by atomic mass is 32.1. The molecule has 21 heavy (non-hydrogen) atoms. The van der Waals surface area contributed by atoms with Crippen LogP contribution in [0.2, 0.25) is 0 Å². The molecule has 0 amide bonds. The number of thiocarbonyl (C=S) groups is 1. The van der Waals surface area contributed by atoms with Crippen molar-refractivity contribution < 1.29 is 13.9 Å². The zero-order valence-corrected chi connectivity index (χ0v) is 12.5. The number of hydrogen-bond acceptors (Lipinski definition) is 3. The van der Waals surface area contributed by atoms with Gasteiger partial charge in [-0.05, 0) is 30.7 Å². The van der Waals surface area contributed by atoms with Crippen molar-refractivity contribution in [2.45, 2.75) is 13.3 Å². The van der Waals surface area contributed by atoms with Crippen LogP contribution >= 0.6 is 12.2 Å². The summed E-state index contributed by atoms with van der Waals surface area (Å²) >= 11 is 4.88. The number of ether oxygens (including phenoxy) is 2. The molecule has 0 bridgehead atoms. The van der Waals surface area contributed by atoms with E-state index in [0.29, 0.717) is 18.1 Å². The molecule has 110 valence electrons. The first-order valence-corrected chi connectivity index (χ1v) is 7.02. The van der Waals surface area contributed by atoms with Gasteiger partial charge in [-0.3, -0.25) is 0 Å². The molecule has 0 spiro atoms. The first-order valence-electron chi connectivity index (χ1n) is 6.61. The van der Waals surface area contributed by atoms with Crippen LogP contribution < -0.4 is 15.2 Å². The van der Waals surface area contributed by atoms with Crippen molar-refractivity contribution in [3.63, 3.8) is 0 Å². The Labute approximate surface area is 128 Å². The Hall–Kier alpha value is -2.14. The molecule has 0 radical (unpaired) electrons. The molecular weight excluding hydrogens is 289 g/mol. The molecule has 0 heterocycles. The SMILES string of the molecule is CCCOc1ccccc1Oc1cccc(F)c1C(N)=S. The molecular formula is C16H16FNO2S. The van der Waals surface area contributed by atoms with Crippen molar-refractivity contribution in [3.8, 4) is 17.2 Å². The highest BCUT2D eigenvalue weighted by Crippen LogP contribution is 2.33. The minimum absolute atomic E-state index is 0.0462. The standard InChI is InChI=1S/C16H16FNO2S/c1-2-10-19-12-7-3-4-8-13(12)20-14-9-5-6-11(17)15(14)16(18)21/h3-9H,2,10H2,1H3,(H2,18,21). The summed E-state index contributed by atoms with van der Waals surface area (Å²) in [6, 6.07) is 11.7. The molecule has 0 aromatic heterocycles. The summed E-state index contributed by atoms with van der Waals surface area (Å²) in [4.78, 5) is -0.0462. The third-order valence-electron chi connectivity index (χ3n) is 2.75. The Morgan fingerprint density at radius 2 is 1.76 bits per heavy atom. The first-order chi connectivity index (χ1) is 10.1. The molecule has 0 atom stereocenters. The third-order valence-corrected chi connectivity index (χ3v) is 2.96. The molecule has 5 heteroatoms. The minimum atomic E-state index is -0.507. The van der Waals surface area contributed by atoms with Gasteiger partial charge in [-0.15, -0.1) is 0 Å². The highest BCUT2D eigenvalue weighted by molar-refractivity contribution is 7.80. The molecule has 2 rings (SSSR count). The lowest BCUT2D eigenvalue weighted by atomic mass is 10.2. The van der Waals surface area contributed by atoms with Crippen molar-refractivity contribution in [2.75, 3.05) is 6.61 Å². The molecule has 2 aromatic rings. The largest absolute Gasteiger partial charge is 0.490 e. The number of halogens is 1. The Morgan fingerprint density at radius 3 is 2.43 bits per heavy atom. The molecule has 0 saturated carbocycles. The van der Waals surface area contributed by atoms with Gasteiger partial charge in [-0.2, -0.15) is 0 Å². The summed E-state index contributed by atoms with van der Waals surface area (Å²) in [5, 5.41) is 0. The van der Waals surface area contributed by atoms with Crippen LogP contribution in [0.4, 0.5) is 4.39 Å². The summed E-state index contributed by atoms with van der Waals surface area (Å²) in [6.07, 6.45) is 0.881. The summed E-state index contributed by atoms with van der Waals surface area (Å²) in [5.41, 5.74) is 5.66. The van der Waals surface area contributed by atoms with Gasteiger partial charge in [0.25, 0.3) is 0 Å². The van der Waals surface area contributed by atoms with Gasteiger partial charge in [0.05, 0.1) is 12.2 Å². The van der Waals surface area contributed by atoms with Gasteiger partial charge in [-0.1, -0.05) is 37.3 Å². The zero-order valence-electron chi connectivity index (χ0n) is 11.6. The zero-order chi connectivity index (χ0) is 15.2. The predicted molar refractivity (Wildman–Crippen MR) is 84.6 cm³/mol. The van der Waals surface area contributed by atoms with Gasteiger partial charge in [0.2, 0.25) is 0 Å². The van der Waals surface area contributed by atoms with E-state index in [1.54, 1.807) is 24.3 Å². The molecule has 0 unspecified atom stereocenters. The second-order valence-corrected chi connectivity index (χ2v) is 4.81. The van der Waals surface area contributed by atoms with Gasteiger partial charge in [0.15, 0.2) is 11.5 Å². The van der Waals surface area contributed by atoms with Crippen LogP contribution in [-0.4, -0.2) is 11.6 Å². The van der Waals surface area contributed by atoms with Crippen molar-refractivity contribution in [3.05, 3.63) is 53.8 Å². The topological polar surface area (TPSA) is 44.5 Å². The molecule has 0 saturated heterocycles. The third kappa shape index (κ3) is 3.70. The predicted octanol–water partition coefficient (Wildman–Crippen LogP) is 4.04. The number of para-hydroxylation sites is 2. The van der Waals surface area contributed by atoms with E-state index in [1.165, 1.54) is 6.07 Å². The van der Waals surface area contributed by atoms with Crippen LogP contribution in [0.5, 0.6) is 17.2 Å². The second kappa shape index (κ2) is 7.04. The van der Waals surface area contributed by atoms with Crippen LogP contribution in [0.15, 0.2) is 42.5 Å². The lowest BCUT2D eigenvalue weighted by Crippen LogP contribution is -2.13. The van der Waals surface area contributed by atoms with E-state index in [2.05, 4.69) is 0 Å². The summed E-state index contributed by atoms with van der Waals surface area (Å²) in [6.45, 7) is 2.59. The average Bonchev–Trinajstić information content (AvgIpc) is 2.46. The highest BCUT2D eigenvalue weighted by Gasteiger charge is 2.14. The van der Waals surface area contributed by atoms with E-state index in [0.717, 1.165) is 6.42 Å². The van der Waals surface area contributed by atoms with Gasteiger partial charge in [-0.25, -0.2) is 4.39 Å². The first kappa shape index (κ1) is 15.3. The Balaban J connectivity index is 2.35. The van der Waals surface area contributed by atoms with Crippen LogP contribution in [0.1, 0.15) is 18.9 Å². The van der Waals surface area contributed by atoms with Crippen molar-refractivity contribution >= 4 is 17.2 Å². The van der Waals surface area contributed by atoms with E-state index in [-0.39, 0.29) is 16.3 Å².